The van der Waals surface area contributed by atoms with Gasteiger partial charge in [0.1, 0.15) is 0 Å². The third kappa shape index (κ3) is 5.31. The van der Waals surface area contributed by atoms with Crippen LogP contribution in [0, 0.1) is 6.92 Å². The van der Waals surface area contributed by atoms with Crippen molar-refractivity contribution in [2.24, 2.45) is 0 Å². The summed E-state index contributed by atoms with van der Waals surface area (Å²) in [5.41, 5.74) is 1.11. The first-order chi connectivity index (χ1) is 13.2. The molecular weight excluding hydrogens is 404 g/mol. The average molecular weight is 423 g/mol. The van der Waals surface area contributed by atoms with E-state index in [-0.39, 0.29) is 16.5 Å². The molecule has 0 unspecified atom stereocenters. The Morgan fingerprint density at radius 2 is 1.93 bits per heavy atom. The maximum Gasteiger partial charge on any atom is 0.338 e. The summed E-state index contributed by atoms with van der Waals surface area (Å²) in [6.45, 7) is 1.15. The summed E-state index contributed by atoms with van der Waals surface area (Å²) >= 11 is 5.85. The lowest BCUT2D eigenvalue weighted by molar-refractivity contribution is -0.119. The van der Waals surface area contributed by atoms with Crippen molar-refractivity contribution in [3.63, 3.8) is 0 Å². The average Bonchev–Trinajstić information content (AvgIpc) is 3.43. The molecule has 0 saturated heterocycles. The molecule has 2 aromatic rings. The fourth-order valence-corrected chi connectivity index (χ4v) is 3.97. The van der Waals surface area contributed by atoms with Crippen molar-refractivity contribution >= 4 is 39.2 Å². The van der Waals surface area contributed by atoms with Crippen LogP contribution in [0.25, 0.3) is 0 Å². The molecule has 148 valence electrons. The molecule has 1 aliphatic rings. The maximum absolute atomic E-state index is 12.4. The molecule has 28 heavy (non-hydrogen) atoms. The van der Waals surface area contributed by atoms with Gasteiger partial charge in [0.25, 0.3) is 5.91 Å². The molecule has 1 fully saturated rings. The minimum atomic E-state index is -3.70. The summed E-state index contributed by atoms with van der Waals surface area (Å²) in [7, 11) is -3.70. The maximum atomic E-state index is 12.4. The lowest BCUT2D eigenvalue weighted by Gasteiger charge is -2.11. The molecule has 0 bridgehead atoms. The Balaban J connectivity index is 1.65. The second-order valence-corrected chi connectivity index (χ2v) is 8.66. The van der Waals surface area contributed by atoms with Gasteiger partial charge in [0.05, 0.1) is 10.5 Å². The van der Waals surface area contributed by atoms with Crippen molar-refractivity contribution in [3.8, 4) is 0 Å². The molecule has 3 rings (SSSR count). The molecule has 2 aromatic carbocycles. The zero-order valence-corrected chi connectivity index (χ0v) is 16.6. The zero-order valence-electron chi connectivity index (χ0n) is 15.1. The number of hydrogen-bond donors (Lipinski definition) is 2. The highest BCUT2D eigenvalue weighted by Crippen LogP contribution is 2.23. The van der Waals surface area contributed by atoms with Gasteiger partial charge in [-0.3, -0.25) is 4.79 Å². The predicted molar refractivity (Wildman–Crippen MR) is 105 cm³/mol. The third-order valence-electron chi connectivity index (χ3n) is 4.08. The number of ether oxygens (including phenoxy) is 1. The van der Waals surface area contributed by atoms with E-state index in [1.165, 1.54) is 18.2 Å². The van der Waals surface area contributed by atoms with E-state index in [2.05, 4.69) is 10.0 Å². The zero-order chi connectivity index (χ0) is 20.3. The standard InChI is InChI=1S/C19H19ClN2O5S/c1-12-5-8-16(28(25,26)22-14-6-7-14)10-17(12)19(24)27-11-18(23)21-15-4-2-3-13(20)9-15/h2-5,8-10,14,22H,6-7,11H2,1H3,(H,21,23). The van der Waals surface area contributed by atoms with Crippen LogP contribution in [0.3, 0.4) is 0 Å². The third-order valence-corrected chi connectivity index (χ3v) is 5.83. The highest BCUT2D eigenvalue weighted by Gasteiger charge is 2.28. The van der Waals surface area contributed by atoms with E-state index in [0.29, 0.717) is 16.3 Å². The van der Waals surface area contributed by atoms with Gasteiger partial charge >= 0.3 is 5.97 Å². The molecule has 1 aliphatic carbocycles. The first-order valence-corrected chi connectivity index (χ1v) is 10.5. The summed E-state index contributed by atoms with van der Waals surface area (Å²) in [5.74, 6) is -1.31. The molecule has 1 amide bonds. The van der Waals surface area contributed by atoms with Crippen molar-refractivity contribution in [3.05, 3.63) is 58.6 Å². The Bertz CT molecular complexity index is 1020. The van der Waals surface area contributed by atoms with Gasteiger partial charge in [-0.05, 0) is 55.7 Å². The van der Waals surface area contributed by atoms with Crippen LogP contribution in [0.1, 0.15) is 28.8 Å². The van der Waals surface area contributed by atoms with Crippen LogP contribution in [0.4, 0.5) is 5.69 Å². The molecule has 0 heterocycles. The monoisotopic (exact) mass is 422 g/mol. The number of halogens is 1. The fraction of sp³-hybridized carbons (Fsp3) is 0.263. The predicted octanol–water partition coefficient (Wildman–Crippen LogP) is 2.88. The Kier molecular flexibility index (Phi) is 6.02. The summed E-state index contributed by atoms with van der Waals surface area (Å²) in [6.07, 6.45) is 1.61. The summed E-state index contributed by atoms with van der Waals surface area (Å²) < 4.78 is 32.2. The van der Waals surface area contributed by atoms with Gasteiger partial charge in [0, 0.05) is 16.8 Å². The Morgan fingerprint density at radius 1 is 1.18 bits per heavy atom. The smallest absolute Gasteiger partial charge is 0.338 e. The number of hydrogen-bond acceptors (Lipinski definition) is 5. The topological polar surface area (TPSA) is 102 Å². The van der Waals surface area contributed by atoms with E-state index in [9.17, 15) is 18.0 Å². The number of carbonyl (C=O) groups excluding carboxylic acids is 2. The number of carbonyl (C=O) groups is 2. The van der Waals surface area contributed by atoms with E-state index in [0.717, 1.165) is 12.8 Å². The number of nitrogens with one attached hydrogen (secondary N) is 2. The number of aryl methyl sites for hydroxylation is 1. The normalized spacial score (nSPS) is 13.8. The number of sulfonamides is 1. The number of anilines is 1. The summed E-state index contributed by atoms with van der Waals surface area (Å²) in [5, 5.41) is 3.02. The van der Waals surface area contributed by atoms with E-state index in [1.54, 1.807) is 31.2 Å². The van der Waals surface area contributed by atoms with Crippen molar-refractivity contribution in [1.29, 1.82) is 0 Å². The van der Waals surface area contributed by atoms with Gasteiger partial charge in [-0.2, -0.15) is 0 Å². The van der Waals surface area contributed by atoms with Crippen LogP contribution in [0.5, 0.6) is 0 Å². The lowest BCUT2D eigenvalue weighted by Crippen LogP contribution is -2.26. The highest BCUT2D eigenvalue weighted by molar-refractivity contribution is 7.89. The van der Waals surface area contributed by atoms with E-state index in [4.69, 9.17) is 16.3 Å². The van der Waals surface area contributed by atoms with Gasteiger partial charge in [0.15, 0.2) is 6.61 Å². The van der Waals surface area contributed by atoms with Crippen LogP contribution in [-0.2, 0) is 19.6 Å². The number of amides is 1. The van der Waals surface area contributed by atoms with Crippen molar-refractivity contribution in [2.45, 2.75) is 30.7 Å². The van der Waals surface area contributed by atoms with Gasteiger partial charge in [-0.25, -0.2) is 17.9 Å². The van der Waals surface area contributed by atoms with Crippen LogP contribution in [0.15, 0.2) is 47.4 Å². The molecule has 0 spiro atoms. The molecule has 0 aromatic heterocycles. The van der Waals surface area contributed by atoms with Crippen LogP contribution >= 0.6 is 11.6 Å². The molecule has 1 saturated carbocycles. The minimum Gasteiger partial charge on any atom is -0.452 e. The minimum absolute atomic E-state index is 0.0136. The van der Waals surface area contributed by atoms with E-state index in [1.807, 2.05) is 0 Å². The quantitative estimate of drug-likeness (QED) is 0.668. The Labute approximate surface area is 168 Å². The summed E-state index contributed by atoms with van der Waals surface area (Å²) in [4.78, 5) is 24.3. The lowest BCUT2D eigenvalue weighted by atomic mass is 10.1. The summed E-state index contributed by atoms with van der Waals surface area (Å²) in [6, 6.07) is 10.7. The van der Waals surface area contributed by atoms with Crippen LogP contribution in [0.2, 0.25) is 5.02 Å². The Morgan fingerprint density at radius 3 is 2.61 bits per heavy atom. The number of rotatable bonds is 7. The molecule has 0 radical (unpaired) electrons. The molecular formula is C19H19ClN2O5S. The number of esters is 1. The molecule has 0 atom stereocenters. The SMILES string of the molecule is Cc1ccc(S(=O)(=O)NC2CC2)cc1C(=O)OCC(=O)Nc1cccc(Cl)c1. The van der Waals surface area contributed by atoms with Gasteiger partial charge in [0.2, 0.25) is 10.0 Å². The van der Waals surface area contributed by atoms with Gasteiger partial charge < -0.3 is 10.1 Å². The first-order valence-electron chi connectivity index (χ1n) is 8.60. The molecule has 7 nitrogen and oxygen atoms in total. The van der Waals surface area contributed by atoms with Crippen LogP contribution < -0.4 is 10.0 Å². The second kappa shape index (κ2) is 8.30. The van der Waals surface area contributed by atoms with Crippen molar-refractivity contribution in [2.75, 3.05) is 11.9 Å². The fourth-order valence-electron chi connectivity index (χ4n) is 2.45. The van der Waals surface area contributed by atoms with Crippen molar-refractivity contribution < 1.29 is 22.7 Å². The number of benzene rings is 2. The van der Waals surface area contributed by atoms with E-state index < -0.39 is 28.5 Å². The van der Waals surface area contributed by atoms with Crippen LogP contribution in [-0.4, -0.2) is 32.9 Å². The van der Waals surface area contributed by atoms with Gasteiger partial charge in [-0.15, -0.1) is 0 Å². The first kappa shape index (κ1) is 20.3. The highest BCUT2D eigenvalue weighted by atomic mass is 35.5. The second-order valence-electron chi connectivity index (χ2n) is 6.51. The largest absolute Gasteiger partial charge is 0.452 e. The van der Waals surface area contributed by atoms with Crippen molar-refractivity contribution in [1.82, 2.24) is 4.72 Å². The molecule has 9 heteroatoms. The van der Waals surface area contributed by atoms with Gasteiger partial charge in [-0.1, -0.05) is 23.7 Å². The molecule has 0 aliphatic heterocycles. The molecule has 2 N–H and O–H groups in total. The Hall–Kier alpha value is -2.42. The van der Waals surface area contributed by atoms with E-state index >= 15 is 0 Å².